The number of nitrogens with one attached hydrogen (secondary N) is 1. The first-order chi connectivity index (χ1) is 10.4. The van der Waals surface area contributed by atoms with Gasteiger partial charge in [-0.25, -0.2) is 0 Å². The monoisotopic (exact) mass is 324 g/mol. The molecule has 0 fully saturated rings. The minimum absolute atomic E-state index is 0.0296. The van der Waals surface area contributed by atoms with E-state index in [1.54, 1.807) is 7.05 Å². The molecule has 7 nitrogen and oxygen atoms in total. The number of amides is 1. The zero-order valence-corrected chi connectivity index (χ0v) is 13.3. The van der Waals surface area contributed by atoms with Crippen LogP contribution >= 0.6 is 11.6 Å². The van der Waals surface area contributed by atoms with Crippen LogP contribution in [0, 0.1) is 5.92 Å². The Hall–Kier alpha value is -2.15. The first kappa shape index (κ1) is 16.2. The van der Waals surface area contributed by atoms with Gasteiger partial charge in [-0.1, -0.05) is 30.6 Å². The van der Waals surface area contributed by atoms with Crippen LogP contribution in [0.1, 0.15) is 35.9 Å². The molecule has 0 aromatic carbocycles. The fourth-order valence-corrected chi connectivity index (χ4v) is 2.04. The van der Waals surface area contributed by atoms with Gasteiger partial charge in [0, 0.05) is 19.7 Å². The summed E-state index contributed by atoms with van der Waals surface area (Å²) in [6.07, 6.45) is 2.02. The SMILES string of the molecule is CC(C)Cc1nc(CN(C)C(=O)c2c[nH]c(=O)c(Cl)c2)no1. The molecule has 0 radical (unpaired) electrons. The zero-order chi connectivity index (χ0) is 16.3. The summed E-state index contributed by atoms with van der Waals surface area (Å²) < 4.78 is 5.13. The van der Waals surface area contributed by atoms with Crippen LogP contribution in [0.3, 0.4) is 0 Å². The Balaban J connectivity index is 2.06. The van der Waals surface area contributed by atoms with E-state index in [1.165, 1.54) is 17.2 Å². The van der Waals surface area contributed by atoms with E-state index in [1.807, 2.05) is 0 Å². The third-order valence-corrected chi connectivity index (χ3v) is 3.20. The average Bonchev–Trinajstić information content (AvgIpc) is 2.87. The first-order valence-corrected chi connectivity index (χ1v) is 7.19. The number of pyridine rings is 1. The minimum atomic E-state index is -0.433. The summed E-state index contributed by atoms with van der Waals surface area (Å²) in [5.41, 5.74) is -0.143. The standard InChI is InChI=1S/C14H17ClN4O3/c1-8(2)4-12-17-11(18-22-12)7-19(3)14(21)9-5-10(15)13(20)16-6-9/h5-6,8H,4,7H2,1-3H3,(H,16,20). The molecule has 0 aliphatic heterocycles. The largest absolute Gasteiger partial charge is 0.339 e. The van der Waals surface area contributed by atoms with Gasteiger partial charge in [0.15, 0.2) is 5.82 Å². The molecule has 118 valence electrons. The molecule has 0 unspecified atom stereocenters. The highest BCUT2D eigenvalue weighted by Gasteiger charge is 2.16. The molecule has 0 spiro atoms. The van der Waals surface area contributed by atoms with E-state index in [0.717, 1.165) is 0 Å². The topological polar surface area (TPSA) is 92.1 Å². The smallest absolute Gasteiger partial charge is 0.266 e. The Morgan fingerprint density at radius 1 is 1.50 bits per heavy atom. The fourth-order valence-electron chi connectivity index (χ4n) is 1.87. The van der Waals surface area contributed by atoms with Gasteiger partial charge in [-0.15, -0.1) is 0 Å². The molecule has 2 aromatic rings. The summed E-state index contributed by atoms with van der Waals surface area (Å²) in [5.74, 6) is 1.10. The number of rotatable bonds is 5. The van der Waals surface area contributed by atoms with E-state index in [-0.39, 0.29) is 23.0 Å². The summed E-state index contributed by atoms with van der Waals surface area (Å²) in [4.78, 5) is 31.5. The molecule has 0 atom stereocenters. The molecule has 0 saturated heterocycles. The van der Waals surface area contributed by atoms with Crippen LogP contribution in [0.25, 0.3) is 0 Å². The van der Waals surface area contributed by atoms with E-state index in [9.17, 15) is 9.59 Å². The van der Waals surface area contributed by atoms with Crippen molar-refractivity contribution < 1.29 is 9.32 Å². The molecular weight excluding hydrogens is 308 g/mol. The Bertz CT molecular complexity index is 723. The third kappa shape index (κ3) is 3.94. The number of aromatic amines is 1. The number of H-pyrrole nitrogens is 1. The number of hydrogen-bond donors (Lipinski definition) is 1. The van der Waals surface area contributed by atoms with E-state index < -0.39 is 5.56 Å². The lowest BCUT2D eigenvalue weighted by Crippen LogP contribution is -2.27. The van der Waals surface area contributed by atoms with Crippen molar-refractivity contribution in [3.8, 4) is 0 Å². The predicted octanol–water partition coefficient (Wildman–Crippen LogP) is 1.88. The molecule has 2 rings (SSSR count). The van der Waals surface area contributed by atoms with Gasteiger partial charge in [0.05, 0.1) is 12.1 Å². The second-order valence-corrected chi connectivity index (χ2v) is 5.84. The average molecular weight is 325 g/mol. The van der Waals surface area contributed by atoms with Crippen molar-refractivity contribution >= 4 is 17.5 Å². The summed E-state index contributed by atoms with van der Waals surface area (Å²) in [7, 11) is 1.61. The van der Waals surface area contributed by atoms with Gasteiger partial charge in [0.2, 0.25) is 5.89 Å². The van der Waals surface area contributed by atoms with Crippen LogP contribution < -0.4 is 5.56 Å². The van der Waals surface area contributed by atoms with Crippen LogP contribution in [0.15, 0.2) is 21.6 Å². The number of carbonyl (C=O) groups excluding carboxylic acids is 1. The van der Waals surface area contributed by atoms with Gasteiger partial charge in [-0.2, -0.15) is 4.98 Å². The van der Waals surface area contributed by atoms with E-state index in [0.29, 0.717) is 24.1 Å². The number of carbonyl (C=O) groups is 1. The Kier molecular flexibility index (Phi) is 4.97. The lowest BCUT2D eigenvalue weighted by atomic mass is 10.1. The van der Waals surface area contributed by atoms with E-state index in [2.05, 4.69) is 29.0 Å². The highest BCUT2D eigenvalue weighted by Crippen LogP contribution is 2.10. The summed E-state index contributed by atoms with van der Waals surface area (Å²) >= 11 is 5.72. The van der Waals surface area contributed by atoms with Gasteiger partial charge >= 0.3 is 0 Å². The Morgan fingerprint density at radius 3 is 2.86 bits per heavy atom. The van der Waals surface area contributed by atoms with Crippen molar-refractivity contribution in [2.24, 2.45) is 5.92 Å². The highest BCUT2D eigenvalue weighted by molar-refractivity contribution is 6.30. The van der Waals surface area contributed by atoms with Crippen LogP contribution in [0.4, 0.5) is 0 Å². The Morgan fingerprint density at radius 2 is 2.23 bits per heavy atom. The highest BCUT2D eigenvalue weighted by atomic mass is 35.5. The molecule has 2 heterocycles. The van der Waals surface area contributed by atoms with Gasteiger partial charge in [-0.05, 0) is 12.0 Å². The lowest BCUT2D eigenvalue weighted by Gasteiger charge is -2.14. The van der Waals surface area contributed by atoms with Crippen molar-refractivity contribution in [3.63, 3.8) is 0 Å². The quantitative estimate of drug-likeness (QED) is 0.906. The number of aromatic nitrogens is 3. The molecule has 0 bridgehead atoms. The molecule has 8 heteroatoms. The summed E-state index contributed by atoms with van der Waals surface area (Å²) in [6, 6.07) is 1.33. The maximum absolute atomic E-state index is 12.3. The summed E-state index contributed by atoms with van der Waals surface area (Å²) in [6.45, 7) is 4.32. The summed E-state index contributed by atoms with van der Waals surface area (Å²) in [5, 5.41) is 3.82. The van der Waals surface area contributed by atoms with Crippen LogP contribution in [-0.2, 0) is 13.0 Å². The number of halogens is 1. The normalized spacial score (nSPS) is 11.0. The zero-order valence-electron chi connectivity index (χ0n) is 12.6. The number of nitrogens with zero attached hydrogens (tertiary/aromatic N) is 3. The molecule has 0 aliphatic rings. The molecule has 0 saturated carbocycles. The van der Waals surface area contributed by atoms with E-state index >= 15 is 0 Å². The van der Waals surface area contributed by atoms with Crippen LogP contribution in [0.2, 0.25) is 5.02 Å². The molecule has 1 amide bonds. The van der Waals surface area contributed by atoms with Crippen molar-refractivity contribution in [1.29, 1.82) is 0 Å². The van der Waals surface area contributed by atoms with Crippen molar-refractivity contribution in [2.75, 3.05) is 7.05 Å². The maximum atomic E-state index is 12.3. The molecular formula is C14H17ClN4O3. The molecule has 0 aliphatic carbocycles. The molecule has 1 N–H and O–H groups in total. The van der Waals surface area contributed by atoms with Crippen molar-refractivity contribution in [1.82, 2.24) is 20.0 Å². The fraction of sp³-hybridized carbons (Fsp3) is 0.429. The maximum Gasteiger partial charge on any atom is 0.266 e. The van der Waals surface area contributed by atoms with Gasteiger partial charge in [0.25, 0.3) is 11.5 Å². The van der Waals surface area contributed by atoms with Gasteiger partial charge in [0.1, 0.15) is 5.02 Å². The third-order valence-electron chi connectivity index (χ3n) is 2.92. The molecule has 2 aromatic heterocycles. The second-order valence-electron chi connectivity index (χ2n) is 5.43. The Labute approximate surface area is 132 Å². The van der Waals surface area contributed by atoms with Crippen molar-refractivity contribution in [3.05, 3.63) is 44.9 Å². The second kappa shape index (κ2) is 6.74. The minimum Gasteiger partial charge on any atom is -0.339 e. The predicted molar refractivity (Wildman–Crippen MR) is 80.7 cm³/mol. The van der Waals surface area contributed by atoms with E-state index in [4.69, 9.17) is 16.1 Å². The van der Waals surface area contributed by atoms with Crippen LogP contribution in [-0.4, -0.2) is 33.0 Å². The van der Waals surface area contributed by atoms with Crippen molar-refractivity contribution in [2.45, 2.75) is 26.8 Å². The van der Waals surface area contributed by atoms with Crippen LogP contribution in [0.5, 0.6) is 0 Å². The lowest BCUT2D eigenvalue weighted by molar-refractivity contribution is 0.0780. The van der Waals surface area contributed by atoms with Gasteiger partial charge < -0.3 is 14.4 Å². The molecule has 22 heavy (non-hydrogen) atoms. The van der Waals surface area contributed by atoms with Gasteiger partial charge in [-0.3, -0.25) is 9.59 Å². The first-order valence-electron chi connectivity index (χ1n) is 6.82. The number of hydrogen-bond acceptors (Lipinski definition) is 5.